The molecular formula is C27H40N4O3. The number of piperidine rings is 2. The van der Waals surface area contributed by atoms with Gasteiger partial charge in [-0.15, -0.1) is 0 Å². The molecule has 1 aromatic rings. The van der Waals surface area contributed by atoms with Gasteiger partial charge in [-0.05, 0) is 88.4 Å². The van der Waals surface area contributed by atoms with E-state index >= 15 is 0 Å². The van der Waals surface area contributed by atoms with Crippen molar-refractivity contribution in [3.05, 3.63) is 29.8 Å². The van der Waals surface area contributed by atoms with Crippen molar-refractivity contribution in [2.24, 2.45) is 0 Å². The first-order chi connectivity index (χ1) is 16.4. The van der Waals surface area contributed by atoms with Gasteiger partial charge in [0.05, 0.1) is 6.61 Å². The number of para-hydroxylation sites is 1. The molecule has 186 valence electrons. The zero-order valence-corrected chi connectivity index (χ0v) is 21.0. The summed E-state index contributed by atoms with van der Waals surface area (Å²) in [5.74, 6) is 0. The fraction of sp³-hybridized carbons (Fsp3) is 0.704. The molecule has 7 heteroatoms. The van der Waals surface area contributed by atoms with Crippen molar-refractivity contribution in [3.63, 3.8) is 0 Å². The van der Waals surface area contributed by atoms with Gasteiger partial charge in [-0.2, -0.15) is 0 Å². The van der Waals surface area contributed by atoms with Crippen molar-refractivity contribution >= 4 is 17.8 Å². The third-order valence-corrected chi connectivity index (χ3v) is 8.88. The molecule has 1 aromatic carbocycles. The lowest BCUT2D eigenvalue weighted by Crippen LogP contribution is -2.55. The van der Waals surface area contributed by atoms with Crippen LogP contribution in [0.3, 0.4) is 0 Å². The summed E-state index contributed by atoms with van der Waals surface area (Å²) in [5.41, 5.74) is 2.62. The summed E-state index contributed by atoms with van der Waals surface area (Å²) in [6.45, 7) is 5.32. The van der Waals surface area contributed by atoms with E-state index in [0.29, 0.717) is 24.7 Å². The highest BCUT2D eigenvalue weighted by Crippen LogP contribution is 2.47. The van der Waals surface area contributed by atoms with Crippen LogP contribution in [0.5, 0.6) is 0 Å². The Morgan fingerprint density at radius 1 is 1.00 bits per heavy atom. The SMILES string of the molecule is CCOC(=O)N1C2CCC1CC(N1CCC3(CCCN(C(=O)N(C)C)c4ccccc43)CC1)C2. The van der Waals surface area contributed by atoms with Gasteiger partial charge in [0.15, 0.2) is 0 Å². The molecule has 5 rings (SSSR count). The molecule has 0 aromatic heterocycles. The third-order valence-electron chi connectivity index (χ3n) is 8.88. The predicted octanol–water partition coefficient (Wildman–Crippen LogP) is 4.45. The monoisotopic (exact) mass is 468 g/mol. The summed E-state index contributed by atoms with van der Waals surface area (Å²) in [6, 6.07) is 9.92. The molecule has 34 heavy (non-hydrogen) atoms. The van der Waals surface area contributed by atoms with Crippen molar-refractivity contribution in [1.82, 2.24) is 14.7 Å². The Balaban J connectivity index is 1.30. The first kappa shape index (κ1) is 23.5. The number of nitrogens with zero attached hydrogens (tertiary/aromatic N) is 4. The summed E-state index contributed by atoms with van der Waals surface area (Å²) >= 11 is 0. The van der Waals surface area contributed by atoms with Crippen LogP contribution in [0, 0.1) is 0 Å². The van der Waals surface area contributed by atoms with Crippen molar-refractivity contribution in [2.75, 3.05) is 45.2 Å². The van der Waals surface area contributed by atoms with Gasteiger partial charge in [-0.3, -0.25) is 4.90 Å². The molecule has 0 aliphatic carbocycles. The minimum Gasteiger partial charge on any atom is -0.450 e. The second kappa shape index (κ2) is 9.40. The zero-order chi connectivity index (χ0) is 23.9. The van der Waals surface area contributed by atoms with Crippen molar-refractivity contribution in [1.29, 1.82) is 0 Å². The lowest BCUT2D eigenvalue weighted by Gasteiger charge is -2.48. The molecule has 4 heterocycles. The molecule has 0 saturated carbocycles. The lowest BCUT2D eigenvalue weighted by atomic mass is 9.69. The van der Waals surface area contributed by atoms with Gasteiger partial charge < -0.3 is 19.4 Å². The van der Waals surface area contributed by atoms with Crippen LogP contribution in [-0.2, 0) is 10.2 Å². The topological polar surface area (TPSA) is 56.3 Å². The number of hydrogen-bond acceptors (Lipinski definition) is 4. The van der Waals surface area contributed by atoms with Crippen LogP contribution in [0.2, 0.25) is 0 Å². The summed E-state index contributed by atoms with van der Waals surface area (Å²) in [5, 5.41) is 0. The molecule has 1 spiro atoms. The van der Waals surface area contributed by atoms with Crippen LogP contribution in [0.4, 0.5) is 15.3 Å². The summed E-state index contributed by atoms with van der Waals surface area (Å²) < 4.78 is 5.35. The minimum atomic E-state index is -0.113. The van der Waals surface area contributed by atoms with E-state index < -0.39 is 0 Å². The van der Waals surface area contributed by atoms with E-state index in [2.05, 4.69) is 29.2 Å². The molecular weight excluding hydrogens is 428 g/mol. The second-order valence-corrected chi connectivity index (χ2v) is 10.9. The number of amides is 3. The largest absolute Gasteiger partial charge is 0.450 e. The Labute approximate surface area is 204 Å². The van der Waals surface area contributed by atoms with E-state index in [1.807, 2.05) is 30.8 Å². The minimum absolute atomic E-state index is 0.0748. The van der Waals surface area contributed by atoms with Crippen molar-refractivity contribution < 1.29 is 14.3 Å². The van der Waals surface area contributed by atoms with E-state index in [0.717, 1.165) is 76.7 Å². The van der Waals surface area contributed by atoms with Crippen LogP contribution in [0.15, 0.2) is 24.3 Å². The van der Waals surface area contributed by atoms with Crippen LogP contribution in [-0.4, -0.2) is 85.3 Å². The third kappa shape index (κ3) is 4.06. The average Bonchev–Trinajstić information content (AvgIpc) is 3.01. The molecule has 4 aliphatic heterocycles. The number of urea groups is 1. The van der Waals surface area contributed by atoms with Gasteiger partial charge in [-0.25, -0.2) is 9.59 Å². The van der Waals surface area contributed by atoms with E-state index in [1.165, 1.54) is 5.56 Å². The van der Waals surface area contributed by atoms with Gasteiger partial charge in [0.25, 0.3) is 0 Å². The van der Waals surface area contributed by atoms with Crippen molar-refractivity contribution in [3.8, 4) is 0 Å². The van der Waals surface area contributed by atoms with E-state index in [-0.39, 0.29) is 17.5 Å². The van der Waals surface area contributed by atoms with Gasteiger partial charge in [0, 0.05) is 44.5 Å². The number of likely N-dealkylation sites (tertiary alicyclic amines) is 1. The predicted molar refractivity (Wildman–Crippen MR) is 133 cm³/mol. The van der Waals surface area contributed by atoms with Crippen LogP contribution < -0.4 is 4.90 Å². The summed E-state index contributed by atoms with van der Waals surface area (Å²) in [7, 11) is 3.68. The molecule has 3 amide bonds. The highest BCUT2D eigenvalue weighted by Gasteiger charge is 2.47. The maximum atomic E-state index is 12.9. The van der Waals surface area contributed by atoms with Gasteiger partial charge in [-0.1, -0.05) is 18.2 Å². The maximum absolute atomic E-state index is 12.9. The number of hydrogen-bond donors (Lipinski definition) is 0. The Kier molecular flexibility index (Phi) is 6.49. The second-order valence-electron chi connectivity index (χ2n) is 10.9. The average molecular weight is 469 g/mol. The highest BCUT2D eigenvalue weighted by atomic mass is 16.6. The molecule has 7 nitrogen and oxygen atoms in total. The maximum Gasteiger partial charge on any atom is 0.410 e. The van der Waals surface area contributed by atoms with Gasteiger partial charge in [0.2, 0.25) is 0 Å². The Morgan fingerprint density at radius 3 is 2.32 bits per heavy atom. The Morgan fingerprint density at radius 2 is 1.68 bits per heavy atom. The first-order valence-electron chi connectivity index (χ1n) is 13.2. The normalized spacial score (nSPS) is 28.4. The van der Waals surface area contributed by atoms with Crippen LogP contribution in [0.1, 0.15) is 63.9 Å². The fourth-order valence-corrected chi connectivity index (χ4v) is 7.21. The fourth-order valence-electron chi connectivity index (χ4n) is 7.21. The molecule has 4 aliphatic rings. The van der Waals surface area contributed by atoms with Gasteiger partial charge >= 0.3 is 12.1 Å². The molecule has 2 bridgehead atoms. The number of fused-ring (bicyclic) bond motifs is 4. The Hall–Kier alpha value is -2.28. The summed E-state index contributed by atoms with van der Waals surface area (Å²) in [4.78, 5) is 33.8. The lowest BCUT2D eigenvalue weighted by molar-refractivity contribution is 0.0262. The quantitative estimate of drug-likeness (QED) is 0.643. The number of carbonyl (C=O) groups is 2. The number of anilines is 1. The Bertz CT molecular complexity index is 897. The summed E-state index contributed by atoms with van der Waals surface area (Å²) in [6.07, 6.45) is 8.72. The number of rotatable bonds is 2. The smallest absolute Gasteiger partial charge is 0.410 e. The molecule has 3 fully saturated rings. The molecule has 2 unspecified atom stereocenters. The number of carbonyl (C=O) groups excluding carboxylic acids is 2. The number of ether oxygens (including phenoxy) is 1. The standard InChI is InChI=1S/C27H40N4O3/c1-4-34-26(33)31-20-10-11-21(31)19-22(18-20)29-16-13-27(14-17-29)12-7-15-30(25(32)28(2)3)24-9-6-5-8-23(24)27/h5-6,8-9,20-22H,4,7,10-19H2,1-3H3. The van der Waals surface area contributed by atoms with E-state index in [4.69, 9.17) is 4.74 Å². The van der Waals surface area contributed by atoms with Crippen LogP contribution >= 0.6 is 0 Å². The molecule has 3 saturated heterocycles. The van der Waals surface area contributed by atoms with Crippen LogP contribution in [0.25, 0.3) is 0 Å². The molecule has 2 atom stereocenters. The van der Waals surface area contributed by atoms with E-state index in [1.54, 1.807) is 4.90 Å². The zero-order valence-electron chi connectivity index (χ0n) is 21.0. The molecule has 0 radical (unpaired) electrons. The molecule has 0 N–H and O–H groups in total. The number of benzene rings is 1. The van der Waals surface area contributed by atoms with E-state index in [9.17, 15) is 9.59 Å². The van der Waals surface area contributed by atoms with Gasteiger partial charge in [0.1, 0.15) is 0 Å². The first-order valence-corrected chi connectivity index (χ1v) is 13.2. The highest BCUT2D eigenvalue weighted by molar-refractivity contribution is 5.93. The van der Waals surface area contributed by atoms with Crippen molar-refractivity contribution in [2.45, 2.75) is 81.8 Å².